The first-order chi connectivity index (χ1) is 11.0. The molecule has 0 heterocycles. The number of nitrogens with one attached hydrogen (secondary N) is 1. The summed E-state index contributed by atoms with van der Waals surface area (Å²) < 4.78 is 0. The predicted molar refractivity (Wildman–Crippen MR) is 85.1 cm³/mol. The van der Waals surface area contributed by atoms with Crippen molar-refractivity contribution in [2.75, 3.05) is 0 Å². The molecule has 2 aromatic rings. The molecule has 0 saturated heterocycles. The largest absolute Gasteiger partial charge is 0.508 e. The van der Waals surface area contributed by atoms with Gasteiger partial charge in [-0.1, -0.05) is 31.2 Å². The lowest BCUT2D eigenvalue weighted by molar-refractivity contribution is 0.0943. The van der Waals surface area contributed by atoms with Crippen LogP contribution in [0, 0.1) is 11.3 Å². The van der Waals surface area contributed by atoms with Gasteiger partial charge in [-0.25, -0.2) is 0 Å². The van der Waals surface area contributed by atoms with E-state index in [2.05, 4.69) is 5.32 Å². The Morgan fingerprint density at radius 3 is 2.35 bits per heavy atom. The van der Waals surface area contributed by atoms with Crippen molar-refractivity contribution in [3.05, 3.63) is 65.2 Å². The standard InChI is InChI=1S/C18H16N2O3/c1-2-15(11-19)20-18(23)13-8-6-12(7-9-13)17(22)14-4-3-5-16(21)10-14/h3-10,15,21H,2H2,1H3,(H,20,23)/t15-/m1/s1. The molecule has 0 aromatic heterocycles. The molecule has 5 heteroatoms. The fourth-order valence-corrected chi connectivity index (χ4v) is 2.05. The molecule has 0 aliphatic carbocycles. The van der Waals surface area contributed by atoms with Crippen molar-refractivity contribution in [2.45, 2.75) is 19.4 Å². The summed E-state index contributed by atoms with van der Waals surface area (Å²) in [6.45, 7) is 1.81. The first-order valence-corrected chi connectivity index (χ1v) is 7.19. The summed E-state index contributed by atoms with van der Waals surface area (Å²) in [5.41, 5.74) is 1.17. The van der Waals surface area contributed by atoms with E-state index in [4.69, 9.17) is 5.26 Å². The van der Waals surface area contributed by atoms with Gasteiger partial charge in [0.05, 0.1) is 6.07 Å². The number of ketones is 1. The maximum atomic E-state index is 12.3. The van der Waals surface area contributed by atoms with Gasteiger partial charge in [-0.15, -0.1) is 0 Å². The van der Waals surface area contributed by atoms with Crippen molar-refractivity contribution in [1.29, 1.82) is 5.26 Å². The summed E-state index contributed by atoms with van der Waals surface area (Å²) in [6, 6.07) is 13.7. The summed E-state index contributed by atoms with van der Waals surface area (Å²) in [7, 11) is 0. The number of carbonyl (C=O) groups excluding carboxylic acids is 2. The summed E-state index contributed by atoms with van der Waals surface area (Å²) in [5, 5.41) is 20.9. The molecule has 23 heavy (non-hydrogen) atoms. The van der Waals surface area contributed by atoms with Crippen LogP contribution < -0.4 is 5.32 Å². The van der Waals surface area contributed by atoms with Crippen LogP contribution in [0.4, 0.5) is 0 Å². The van der Waals surface area contributed by atoms with Crippen LogP contribution in [0.3, 0.4) is 0 Å². The molecule has 0 spiro atoms. The highest BCUT2D eigenvalue weighted by Crippen LogP contribution is 2.16. The molecule has 1 amide bonds. The Hall–Kier alpha value is -3.13. The third-order valence-electron chi connectivity index (χ3n) is 3.39. The third kappa shape index (κ3) is 3.95. The smallest absolute Gasteiger partial charge is 0.252 e. The highest BCUT2D eigenvalue weighted by molar-refractivity contribution is 6.09. The molecule has 0 aliphatic heterocycles. The van der Waals surface area contributed by atoms with E-state index >= 15 is 0 Å². The Balaban J connectivity index is 2.15. The molecular formula is C18H16N2O3. The number of nitriles is 1. The molecule has 0 radical (unpaired) electrons. The SMILES string of the molecule is CC[C@H](C#N)NC(=O)c1ccc(C(=O)c2cccc(O)c2)cc1. The molecule has 2 N–H and O–H groups in total. The van der Waals surface area contributed by atoms with E-state index in [0.717, 1.165) is 0 Å². The van der Waals surface area contributed by atoms with Crippen molar-refractivity contribution in [3.8, 4) is 11.8 Å². The van der Waals surface area contributed by atoms with Gasteiger partial charge in [0.15, 0.2) is 5.78 Å². The van der Waals surface area contributed by atoms with Gasteiger partial charge < -0.3 is 10.4 Å². The third-order valence-corrected chi connectivity index (χ3v) is 3.39. The lowest BCUT2D eigenvalue weighted by Gasteiger charge is -2.09. The molecule has 5 nitrogen and oxygen atoms in total. The summed E-state index contributed by atoms with van der Waals surface area (Å²) in [6.07, 6.45) is 0.524. The van der Waals surface area contributed by atoms with Gasteiger partial charge in [0, 0.05) is 16.7 Å². The van der Waals surface area contributed by atoms with E-state index in [-0.39, 0.29) is 17.4 Å². The Labute approximate surface area is 134 Å². The molecule has 116 valence electrons. The van der Waals surface area contributed by atoms with Crippen LogP contribution in [-0.2, 0) is 0 Å². The van der Waals surface area contributed by atoms with Gasteiger partial charge in [-0.05, 0) is 30.7 Å². The van der Waals surface area contributed by atoms with Crippen LogP contribution in [0.25, 0.3) is 0 Å². The lowest BCUT2D eigenvalue weighted by Crippen LogP contribution is -2.33. The second-order valence-corrected chi connectivity index (χ2v) is 5.02. The van der Waals surface area contributed by atoms with Crippen molar-refractivity contribution in [1.82, 2.24) is 5.32 Å². The van der Waals surface area contributed by atoms with Gasteiger partial charge in [0.2, 0.25) is 0 Å². The molecule has 0 aliphatic rings. The van der Waals surface area contributed by atoms with Gasteiger partial charge in [0.25, 0.3) is 5.91 Å². The number of nitrogens with zero attached hydrogens (tertiary/aromatic N) is 1. The fraction of sp³-hybridized carbons (Fsp3) is 0.167. The van der Waals surface area contributed by atoms with Crippen molar-refractivity contribution in [2.24, 2.45) is 0 Å². The monoisotopic (exact) mass is 308 g/mol. The number of amides is 1. The Kier molecular flexibility index (Phi) is 5.11. The number of phenolic OH excluding ortho intramolecular Hbond substituents is 1. The Morgan fingerprint density at radius 1 is 1.13 bits per heavy atom. The van der Waals surface area contributed by atoms with Crippen molar-refractivity contribution in [3.63, 3.8) is 0 Å². The molecule has 0 bridgehead atoms. The maximum absolute atomic E-state index is 12.3. The molecule has 0 saturated carbocycles. The molecule has 2 aromatic carbocycles. The van der Waals surface area contributed by atoms with Gasteiger partial charge in [-0.2, -0.15) is 5.26 Å². The number of benzene rings is 2. The van der Waals surface area contributed by atoms with E-state index in [0.29, 0.717) is 23.1 Å². The van der Waals surface area contributed by atoms with Crippen LogP contribution in [0.2, 0.25) is 0 Å². The Morgan fingerprint density at radius 2 is 1.78 bits per heavy atom. The lowest BCUT2D eigenvalue weighted by atomic mass is 10.0. The van der Waals surface area contributed by atoms with Crippen molar-refractivity contribution < 1.29 is 14.7 Å². The van der Waals surface area contributed by atoms with E-state index in [9.17, 15) is 14.7 Å². The van der Waals surface area contributed by atoms with Crippen LogP contribution in [-0.4, -0.2) is 22.8 Å². The number of carbonyl (C=O) groups is 2. The highest BCUT2D eigenvalue weighted by Gasteiger charge is 2.13. The minimum absolute atomic E-state index is 0.0222. The predicted octanol–water partition coefficient (Wildman–Crippen LogP) is 2.66. The number of hydrogen-bond donors (Lipinski definition) is 2. The van der Waals surface area contributed by atoms with E-state index in [1.165, 1.54) is 24.3 Å². The minimum atomic E-state index is -0.531. The average Bonchev–Trinajstić information content (AvgIpc) is 2.59. The number of aromatic hydroxyl groups is 1. The minimum Gasteiger partial charge on any atom is -0.508 e. The molecule has 0 unspecified atom stereocenters. The first kappa shape index (κ1) is 16.2. The van der Waals surface area contributed by atoms with Gasteiger partial charge >= 0.3 is 0 Å². The van der Waals surface area contributed by atoms with Crippen LogP contribution in [0.1, 0.15) is 39.6 Å². The zero-order chi connectivity index (χ0) is 16.8. The molecule has 2 rings (SSSR count). The van der Waals surface area contributed by atoms with Crippen LogP contribution in [0.5, 0.6) is 5.75 Å². The number of rotatable bonds is 5. The van der Waals surface area contributed by atoms with Crippen molar-refractivity contribution >= 4 is 11.7 Å². The second-order valence-electron chi connectivity index (χ2n) is 5.02. The highest BCUT2D eigenvalue weighted by atomic mass is 16.3. The normalized spacial score (nSPS) is 11.3. The summed E-state index contributed by atoms with van der Waals surface area (Å²) in [5.74, 6) is -0.569. The average molecular weight is 308 g/mol. The van der Waals surface area contributed by atoms with Crippen LogP contribution in [0.15, 0.2) is 48.5 Å². The zero-order valence-corrected chi connectivity index (χ0v) is 12.6. The van der Waals surface area contributed by atoms with Gasteiger partial charge in [-0.3, -0.25) is 9.59 Å². The molecular weight excluding hydrogens is 292 g/mol. The fourth-order valence-electron chi connectivity index (χ4n) is 2.05. The van der Waals surface area contributed by atoms with E-state index < -0.39 is 6.04 Å². The van der Waals surface area contributed by atoms with E-state index in [1.807, 2.05) is 13.0 Å². The first-order valence-electron chi connectivity index (χ1n) is 7.19. The molecule has 1 atom stereocenters. The molecule has 0 fully saturated rings. The zero-order valence-electron chi connectivity index (χ0n) is 12.6. The maximum Gasteiger partial charge on any atom is 0.252 e. The van der Waals surface area contributed by atoms with Crippen LogP contribution >= 0.6 is 0 Å². The quantitative estimate of drug-likeness (QED) is 0.831. The van der Waals surface area contributed by atoms with E-state index in [1.54, 1.807) is 24.3 Å². The van der Waals surface area contributed by atoms with Gasteiger partial charge in [0.1, 0.15) is 11.8 Å². The number of phenols is 1. The summed E-state index contributed by atoms with van der Waals surface area (Å²) >= 11 is 0. The second kappa shape index (κ2) is 7.23. The Bertz CT molecular complexity index is 761. The topological polar surface area (TPSA) is 90.2 Å². The number of hydrogen-bond acceptors (Lipinski definition) is 4. The summed E-state index contributed by atoms with van der Waals surface area (Å²) in [4.78, 5) is 24.3.